The Hall–Kier alpha value is -2.61. The highest BCUT2D eigenvalue weighted by Crippen LogP contribution is 2.43. The lowest BCUT2D eigenvalue weighted by atomic mass is 9.68. The minimum absolute atomic E-state index is 0.0511. The summed E-state index contributed by atoms with van der Waals surface area (Å²) in [4.78, 5) is 14.5. The normalized spacial score (nSPS) is 25.3. The summed E-state index contributed by atoms with van der Waals surface area (Å²) in [5, 5.41) is 11.9. The van der Waals surface area contributed by atoms with Gasteiger partial charge in [-0.1, -0.05) is 54.3 Å². The van der Waals surface area contributed by atoms with Crippen LogP contribution in [0.5, 0.6) is 0 Å². The summed E-state index contributed by atoms with van der Waals surface area (Å²) < 4.78 is 4.87. The minimum Gasteiger partial charge on any atom is -0.465 e. The minimum atomic E-state index is -1.26. The van der Waals surface area contributed by atoms with Gasteiger partial charge in [-0.05, 0) is 49.5 Å². The number of carbonyl (C=O) groups excluding carboxylic acids is 1. The third-order valence-electron chi connectivity index (χ3n) is 6.13. The second-order valence-electron chi connectivity index (χ2n) is 7.66. The molecule has 4 heteroatoms. The number of aliphatic hydroxyl groups is 1. The van der Waals surface area contributed by atoms with E-state index >= 15 is 0 Å². The van der Waals surface area contributed by atoms with E-state index in [1.807, 2.05) is 36.4 Å². The number of carbonyl (C=O) groups is 1. The van der Waals surface area contributed by atoms with Crippen LogP contribution in [0, 0.1) is 23.7 Å². The average molecular weight is 375 g/mol. The Bertz CT molecular complexity index is 906. The number of methoxy groups -OCH3 is 1. The summed E-state index contributed by atoms with van der Waals surface area (Å²) in [6.07, 6.45) is 2.19. The average Bonchev–Trinajstić information content (AvgIpc) is 2.78. The predicted octanol–water partition coefficient (Wildman–Crippen LogP) is 3.05. The number of nitrogens with zero attached hydrogens (tertiary/aromatic N) is 1. The molecule has 3 aliphatic heterocycles. The molecule has 0 aromatic heterocycles. The molecule has 28 heavy (non-hydrogen) atoms. The molecule has 2 bridgehead atoms. The zero-order chi connectivity index (χ0) is 19.6. The lowest BCUT2D eigenvalue weighted by Gasteiger charge is -2.49. The van der Waals surface area contributed by atoms with Gasteiger partial charge in [-0.25, -0.2) is 4.79 Å². The van der Waals surface area contributed by atoms with E-state index in [1.165, 1.54) is 7.11 Å². The van der Waals surface area contributed by atoms with E-state index in [0.717, 1.165) is 38.0 Å². The predicted molar refractivity (Wildman–Crippen MR) is 108 cm³/mol. The maximum absolute atomic E-state index is 12.1. The Morgan fingerprint density at radius 2 is 1.79 bits per heavy atom. The first-order chi connectivity index (χ1) is 13.6. The lowest BCUT2D eigenvalue weighted by molar-refractivity contribution is -0.0660. The number of benzene rings is 2. The third-order valence-corrected chi connectivity index (χ3v) is 6.13. The first-order valence-electron chi connectivity index (χ1n) is 9.82. The number of piperidine rings is 3. The molecule has 5 rings (SSSR count). The fourth-order valence-electron chi connectivity index (χ4n) is 4.55. The molecular formula is C24H25NO3. The molecule has 2 unspecified atom stereocenters. The zero-order valence-corrected chi connectivity index (χ0v) is 16.1. The number of hydrogen-bond donors (Lipinski definition) is 1. The van der Waals surface area contributed by atoms with Crippen LogP contribution in [0.1, 0.15) is 34.3 Å². The number of rotatable bonds is 3. The summed E-state index contributed by atoms with van der Waals surface area (Å²) in [6, 6.07) is 16.8. The highest BCUT2D eigenvalue weighted by molar-refractivity contribution is 5.92. The second kappa shape index (κ2) is 7.79. The van der Waals surface area contributed by atoms with Crippen LogP contribution >= 0.6 is 0 Å². The van der Waals surface area contributed by atoms with Crippen molar-refractivity contribution in [2.45, 2.75) is 18.4 Å². The molecule has 4 nitrogen and oxygen atoms in total. The van der Waals surface area contributed by atoms with Gasteiger partial charge in [0.05, 0.1) is 12.7 Å². The molecule has 3 fully saturated rings. The zero-order valence-electron chi connectivity index (χ0n) is 16.1. The first kappa shape index (κ1) is 18.7. The van der Waals surface area contributed by atoms with E-state index in [1.54, 1.807) is 18.2 Å². The van der Waals surface area contributed by atoms with Crippen molar-refractivity contribution < 1.29 is 14.6 Å². The highest BCUT2D eigenvalue weighted by Gasteiger charge is 2.46. The Labute approximate surface area is 166 Å². The molecule has 0 spiro atoms. The maximum Gasteiger partial charge on any atom is 0.339 e. The van der Waals surface area contributed by atoms with Crippen molar-refractivity contribution in [2.75, 3.05) is 26.7 Å². The number of hydrogen-bond acceptors (Lipinski definition) is 4. The van der Waals surface area contributed by atoms with Gasteiger partial charge in [0, 0.05) is 18.0 Å². The molecule has 0 amide bonds. The molecule has 3 heterocycles. The van der Waals surface area contributed by atoms with Crippen LogP contribution in [-0.2, 0) is 10.3 Å². The van der Waals surface area contributed by atoms with Gasteiger partial charge in [0.1, 0.15) is 0 Å². The SMILES string of the molecule is COC(=O)c1ccccc1C#CC(O)(c1ccccc1)C1CN2CCC1CC2. The summed E-state index contributed by atoms with van der Waals surface area (Å²) in [7, 11) is 1.36. The van der Waals surface area contributed by atoms with Crippen LogP contribution < -0.4 is 0 Å². The number of esters is 1. The largest absolute Gasteiger partial charge is 0.465 e. The van der Waals surface area contributed by atoms with Gasteiger partial charge in [0.2, 0.25) is 0 Å². The molecule has 0 saturated carbocycles. The quantitative estimate of drug-likeness (QED) is 0.662. The molecule has 1 N–H and O–H groups in total. The van der Waals surface area contributed by atoms with E-state index < -0.39 is 11.6 Å². The molecule has 0 aliphatic carbocycles. The van der Waals surface area contributed by atoms with Crippen LogP contribution in [0.3, 0.4) is 0 Å². The molecule has 3 aliphatic rings. The number of fused-ring (bicyclic) bond motifs is 3. The third kappa shape index (κ3) is 3.44. The fourth-order valence-corrected chi connectivity index (χ4v) is 4.55. The van der Waals surface area contributed by atoms with E-state index in [4.69, 9.17) is 4.74 Å². The highest BCUT2D eigenvalue weighted by atomic mass is 16.5. The van der Waals surface area contributed by atoms with Gasteiger partial charge < -0.3 is 14.7 Å². The van der Waals surface area contributed by atoms with Crippen molar-refractivity contribution in [3.8, 4) is 11.8 Å². The molecule has 144 valence electrons. The Morgan fingerprint density at radius 1 is 1.11 bits per heavy atom. The van der Waals surface area contributed by atoms with Gasteiger partial charge in [-0.2, -0.15) is 0 Å². The van der Waals surface area contributed by atoms with Gasteiger partial charge in [0.15, 0.2) is 5.60 Å². The van der Waals surface area contributed by atoms with Crippen molar-refractivity contribution in [2.24, 2.45) is 11.8 Å². The summed E-state index contributed by atoms with van der Waals surface area (Å²) >= 11 is 0. The summed E-state index contributed by atoms with van der Waals surface area (Å²) in [5.41, 5.74) is 0.553. The second-order valence-corrected chi connectivity index (χ2v) is 7.66. The maximum atomic E-state index is 12.1. The van der Waals surface area contributed by atoms with Gasteiger partial charge in [-0.3, -0.25) is 0 Å². The summed E-state index contributed by atoms with van der Waals surface area (Å²) in [5.74, 6) is 6.37. The molecule has 3 saturated heterocycles. The molecule has 2 aromatic carbocycles. The van der Waals surface area contributed by atoms with Gasteiger partial charge in [-0.15, -0.1) is 0 Å². The smallest absolute Gasteiger partial charge is 0.339 e. The Kier molecular flexibility index (Phi) is 5.21. The topological polar surface area (TPSA) is 49.8 Å². The Morgan fingerprint density at radius 3 is 2.43 bits per heavy atom. The van der Waals surface area contributed by atoms with Crippen LogP contribution in [0.2, 0.25) is 0 Å². The molecular weight excluding hydrogens is 350 g/mol. The van der Waals surface area contributed by atoms with Crippen LogP contribution in [0.4, 0.5) is 0 Å². The van der Waals surface area contributed by atoms with Crippen LogP contribution in [0.25, 0.3) is 0 Å². The van der Waals surface area contributed by atoms with E-state index in [0.29, 0.717) is 17.0 Å². The monoisotopic (exact) mass is 375 g/mol. The Balaban J connectivity index is 1.77. The first-order valence-corrected chi connectivity index (χ1v) is 9.82. The fraction of sp³-hybridized carbons (Fsp3) is 0.375. The number of ether oxygens (including phenoxy) is 1. The van der Waals surface area contributed by atoms with Crippen molar-refractivity contribution in [1.82, 2.24) is 4.90 Å². The molecule has 2 atom stereocenters. The molecule has 0 radical (unpaired) electrons. The lowest BCUT2D eigenvalue weighted by Crippen LogP contribution is -2.54. The van der Waals surface area contributed by atoms with Crippen molar-refractivity contribution in [1.29, 1.82) is 0 Å². The van der Waals surface area contributed by atoms with Gasteiger partial charge in [0.25, 0.3) is 0 Å². The summed E-state index contributed by atoms with van der Waals surface area (Å²) in [6.45, 7) is 3.05. The van der Waals surface area contributed by atoms with E-state index in [2.05, 4.69) is 16.7 Å². The molecule has 2 aromatic rings. The van der Waals surface area contributed by atoms with E-state index in [9.17, 15) is 9.90 Å². The van der Waals surface area contributed by atoms with Crippen molar-refractivity contribution in [3.63, 3.8) is 0 Å². The van der Waals surface area contributed by atoms with Crippen molar-refractivity contribution in [3.05, 3.63) is 71.3 Å². The van der Waals surface area contributed by atoms with Gasteiger partial charge >= 0.3 is 5.97 Å². The van der Waals surface area contributed by atoms with E-state index in [-0.39, 0.29) is 5.92 Å². The van der Waals surface area contributed by atoms with Crippen LogP contribution in [0.15, 0.2) is 54.6 Å². The van der Waals surface area contributed by atoms with Crippen molar-refractivity contribution >= 4 is 5.97 Å². The van der Waals surface area contributed by atoms with Crippen LogP contribution in [-0.4, -0.2) is 42.7 Å². The standard InChI is InChI=1S/C24H25NO3/c1-28-23(26)21-10-6-5-7-18(21)11-14-24(27,20-8-3-2-4-9-20)22-17-25-15-12-19(22)13-16-25/h2-10,19,22,27H,12-13,15-17H2,1H3.